The number of hydrogen-bond donors (Lipinski definition) is 0. The van der Waals surface area contributed by atoms with Gasteiger partial charge in [-0.05, 0) is 47.9 Å². The highest BCUT2D eigenvalue weighted by Gasteiger charge is 2.25. The van der Waals surface area contributed by atoms with Crippen LogP contribution in [0.15, 0.2) is 55.0 Å². The van der Waals surface area contributed by atoms with Crippen molar-refractivity contribution in [1.29, 1.82) is 0 Å². The predicted molar refractivity (Wildman–Crippen MR) is 110 cm³/mol. The fraction of sp³-hybridized carbons (Fsp3) is 0.0909. The van der Waals surface area contributed by atoms with Crippen LogP contribution < -0.4 is 4.90 Å². The van der Waals surface area contributed by atoms with Crippen LogP contribution in [0.25, 0.3) is 22.0 Å². The fourth-order valence-corrected chi connectivity index (χ4v) is 3.84. The third-order valence-corrected chi connectivity index (χ3v) is 5.42. The van der Waals surface area contributed by atoms with E-state index in [1.54, 1.807) is 18.3 Å². The van der Waals surface area contributed by atoms with E-state index in [2.05, 4.69) is 15.0 Å². The number of aldehydes is 1. The number of fused-ring (bicyclic) bond motifs is 2. The van der Waals surface area contributed by atoms with Gasteiger partial charge in [-0.25, -0.2) is 14.4 Å². The third kappa shape index (κ3) is 3.02. The van der Waals surface area contributed by atoms with Crippen LogP contribution in [0.1, 0.15) is 16.1 Å². The summed E-state index contributed by atoms with van der Waals surface area (Å²) in [5, 5.41) is 0.966. The van der Waals surface area contributed by atoms with Gasteiger partial charge in [0.25, 0.3) is 0 Å². The van der Waals surface area contributed by atoms with Crippen molar-refractivity contribution >= 4 is 40.3 Å². The molecule has 3 heterocycles. The molecule has 1 aliphatic rings. The second-order valence-electron chi connectivity index (χ2n) is 6.82. The van der Waals surface area contributed by atoms with E-state index in [0.29, 0.717) is 18.7 Å². The molecule has 0 spiro atoms. The van der Waals surface area contributed by atoms with Gasteiger partial charge in [0, 0.05) is 29.4 Å². The number of carbonyl (C=O) groups excluding carboxylic acids is 1. The first kappa shape index (κ1) is 17.7. The number of benzene rings is 2. The van der Waals surface area contributed by atoms with E-state index in [9.17, 15) is 9.18 Å². The summed E-state index contributed by atoms with van der Waals surface area (Å²) in [6.07, 6.45) is 4.63. The molecule has 4 aromatic rings. The molecule has 5 nitrogen and oxygen atoms in total. The summed E-state index contributed by atoms with van der Waals surface area (Å²) in [4.78, 5) is 25.9. The van der Waals surface area contributed by atoms with Crippen molar-refractivity contribution in [3.05, 3.63) is 77.1 Å². The summed E-state index contributed by atoms with van der Waals surface area (Å²) in [6, 6.07) is 12.6. The van der Waals surface area contributed by atoms with Crippen molar-refractivity contribution in [1.82, 2.24) is 15.0 Å². The van der Waals surface area contributed by atoms with E-state index < -0.39 is 5.82 Å². The zero-order chi connectivity index (χ0) is 20.0. The molecular formula is C22H14ClFN4O. The van der Waals surface area contributed by atoms with Crippen LogP contribution in [0.5, 0.6) is 0 Å². The Bertz CT molecular complexity index is 1260. The zero-order valence-corrected chi connectivity index (χ0v) is 15.9. The largest absolute Gasteiger partial charge is 0.325 e. The van der Waals surface area contributed by atoms with Gasteiger partial charge in [-0.2, -0.15) is 0 Å². The second kappa shape index (κ2) is 6.90. The molecule has 1 aliphatic heterocycles. The standard InChI is InChI=1S/C22H14ClFN4O/c23-18-9-21-14(8-19(18)24)5-6-28(21)22-17-7-13(2-4-20(17)26-12-27-22)15-1-3-16(11-29)25-10-15/h1-4,7-12H,5-6H2. The number of anilines is 2. The van der Waals surface area contributed by atoms with Crippen LogP contribution in [0.2, 0.25) is 5.02 Å². The van der Waals surface area contributed by atoms with E-state index in [0.717, 1.165) is 45.4 Å². The fourth-order valence-electron chi connectivity index (χ4n) is 3.69. The van der Waals surface area contributed by atoms with E-state index in [1.807, 2.05) is 29.2 Å². The lowest BCUT2D eigenvalue weighted by Crippen LogP contribution is -2.15. The van der Waals surface area contributed by atoms with Gasteiger partial charge in [-0.15, -0.1) is 0 Å². The first-order valence-electron chi connectivity index (χ1n) is 9.06. The summed E-state index contributed by atoms with van der Waals surface area (Å²) in [5.74, 6) is 0.337. The molecule has 5 rings (SSSR count). The average Bonchev–Trinajstić information content (AvgIpc) is 3.15. The maximum absolute atomic E-state index is 13.8. The molecule has 142 valence electrons. The Morgan fingerprint density at radius 2 is 1.90 bits per heavy atom. The molecule has 0 radical (unpaired) electrons. The van der Waals surface area contributed by atoms with Crippen molar-refractivity contribution in [3.63, 3.8) is 0 Å². The molecule has 0 aliphatic carbocycles. The van der Waals surface area contributed by atoms with Crippen LogP contribution in [0.4, 0.5) is 15.9 Å². The van der Waals surface area contributed by atoms with Gasteiger partial charge >= 0.3 is 0 Å². The van der Waals surface area contributed by atoms with E-state index in [-0.39, 0.29) is 5.02 Å². The molecule has 0 bridgehead atoms. The Balaban J connectivity index is 1.64. The second-order valence-corrected chi connectivity index (χ2v) is 7.22. The summed E-state index contributed by atoms with van der Waals surface area (Å²) in [5.41, 5.74) is 4.78. The third-order valence-electron chi connectivity index (χ3n) is 5.13. The van der Waals surface area contributed by atoms with E-state index in [1.165, 1.54) is 12.4 Å². The molecule has 0 fully saturated rings. The lowest BCUT2D eigenvalue weighted by atomic mass is 10.0. The molecular weight excluding hydrogens is 391 g/mol. The first-order valence-corrected chi connectivity index (χ1v) is 9.43. The van der Waals surface area contributed by atoms with Crippen LogP contribution in [-0.4, -0.2) is 27.8 Å². The number of rotatable bonds is 3. The topological polar surface area (TPSA) is 59.0 Å². The smallest absolute Gasteiger partial charge is 0.168 e. The van der Waals surface area contributed by atoms with Gasteiger partial charge < -0.3 is 4.90 Å². The number of halogens is 2. The molecule has 7 heteroatoms. The van der Waals surface area contributed by atoms with Crippen LogP contribution in [0.3, 0.4) is 0 Å². The maximum Gasteiger partial charge on any atom is 0.168 e. The molecule has 2 aromatic heterocycles. The highest BCUT2D eigenvalue weighted by molar-refractivity contribution is 6.31. The van der Waals surface area contributed by atoms with Gasteiger partial charge in [0.2, 0.25) is 0 Å². The number of aromatic nitrogens is 3. The minimum absolute atomic E-state index is 0.0936. The first-order chi connectivity index (χ1) is 14.1. The quantitative estimate of drug-likeness (QED) is 0.450. The SMILES string of the molecule is O=Cc1ccc(-c2ccc3ncnc(N4CCc5cc(F)c(Cl)cc54)c3c2)cn1. The van der Waals surface area contributed by atoms with E-state index in [4.69, 9.17) is 11.6 Å². The van der Waals surface area contributed by atoms with Gasteiger partial charge in [-0.1, -0.05) is 23.7 Å². The minimum Gasteiger partial charge on any atom is -0.325 e. The maximum atomic E-state index is 13.8. The van der Waals surface area contributed by atoms with Gasteiger partial charge in [0.1, 0.15) is 23.7 Å². The molecule has 0 atom stereocenters. The van der Waals surface area contributed by atoms with Crippen molar-refractivity contribution < 1.29 is 9.18 Å². The molecule has 0 saturated heterocycles. The monoisotopic (exact) mass is 404 g/mol. The number of nitrogens with zero attached hydrogens (tertiary/aromatic N) is 4. The number of hydrogen-bond acceptors (Lipinski definition) is 5. The molecule has 0 unspecified atom stereocenters. The Morgan fingerprint density at radius 3 is 2.69 bits per heavy atom. The number of pyridine rings is 1. The van der Waals surface area contributed by atoms with Crippen molar-refractivity contribution in [2.75, 3.05) is 11.4 Å². The van der Waals surface area contributed by atoms with Gasteiger partial charge in [-0.3, -0.25) is 9.78 Å². The number of carbonyl (C=O) groups is 1. The highest BCUT2D eigenvalue weighted by Crippen LogP contribution is 2.39. The Morgan fingerprint density at radius 1 is 1.03 bits per heavy atom. The van der Waals surface area contributed by atoms with Crippen molar-refractivity contribution in [2.45, 2.75) is 6.42 Å². The average molecular weight is 405 g/mol. The summed E-state index contributed by atoms with van der Waals surface area (Å²) >= 11 is 6.03. The zero-order valence-electron chi connectivity index (χ0n) is 15.1. The summed E-state index contributed by atoms with van der Waals surface area (Å²) < 4.78 is 13.8. The lowest BCUT2D eigenvalue weighted by Gasteiger charge is -2.20. The molecule has 0 amide bonds. The minimum atomic E-state index is -0.409. The van der Waals surface area contributed by atoms with Gasteiger partial charge in [0.15, 0.2) is 6.29 Å². The lowest BCUT2D eigenvalue weighted by molar-refractivity contribution is 0.111. The molecule has 0 saturated carbocycles. The van der Waals surface area contributed by atoms with Crippen LogP contribution >= 0.6 is 11.6 Å². The van der Waals surface area contributed by atoms with Crippen molar-refractivity contribution in [2.24, 2.45) is 0 Å². The summed E-state index contributed by atoms with van der Waals surface area (Å²) in [6.45, 7) is 0.682. The molecule has 2 aromatic carbocycles. The van der Waals surface area contributed by atoms with E-state index >= 15 is 0 Å². The predicted octanol–water partition coefficient (Wildman–Crippen LogP) is 4.99. The van der Waals surface area contributed by atoms with Crippen LogP contribution in [0, 0.1) is 5.82 Å². The normalized spacial score (nSPS) is 13.0. The van der Waals surface area contributed by atoms with Crippen molar-refractivity contribution in [3.8, 4) is 11.1 Å². The molecule has 29 heavy (non-hydrogen) atoms. The Hall–Kier alpha value is -3.38. The summed E-state index contributed by atoms with van der Waals surface area (Å²) in [7, 11) is 0. The van der Waals surface area contributed by atoms with Crippen LogP contribution in [-0.2, 0) is 6.42 Å². The molecule has 0 N–H and O–H groups in total. The highest BCUT2D eigenvalue weighted by atomic mass is 35.5. The van der Waals surface area contributed by atoms with Gasteiger partial charge in [0.05, 0.1) is 10.5 Å². The Kier molecular flexibility index (Phi) is 4.21. The Labute approximate surface area is 170 Å².